The van der Waals surface area contributed by atoms with E-state index in [4.69, 9.17) is 5.73 Å². The summed E-state index contributed by atoms with van der Waals surface area (Å²) in [6, 6.07) is 7.06. The number of nitrogens with two attached hydrogens (primary N) is 1. The first-order chi connectivity index (χ1) is 10.1. The fraction of sp³-hybridized carbons (Fsp3) is 0.333. The number of imidazole rings is 1. The third-order valence-electron chi connectivity index (χ3n) is 3.92. The van der Waals surface area contributed by atoms with Gasteiger partial charge in [0.2, 0.25) is 5.91 Å². The molecule has 0 spiro atoms. The van der Waals surface area contributed by atoms with Crippen LogP contribution in [0.15, 0.2) is 36.7 Å². The Bertz CT molecular complexity index is 651. The number of carbonyl (C=O) groups is 1. The summed E-state index contributed by atoms with van der Waals surface area (Å²) in [6.07, 6.45) is 3.77. The molecule has 0 bridgehead atoms. The molecule has 21 heavy (non-hydrogen) atoms. The molecule has 3 N–H and O–H groups in total. The third kappa shape index (κ3) is 2.75. The maximum Gasteiger partial charge on any atom is 0.241 e. The van der Waals surface area contributed by atoms with E-state index in [1.54, 1.807) is 12.3 Å². The standard InChI is InChI=1S/C15H19N5O/c1-11(15(21)18-13-5-3-2-4-12(13)16)20-9-8-19-7-6-17-14(19)10-20/h2-7,11H,8-10,16H2,1H3,(H,18,21). The molecule has 0 aliphatic carbocycles. The highest BCUT2D eigenvalue weighted by Crippen LogP contribution is 2.19. The average Bonchev–Trinajstić information content (AvgIpc) is 2.96. The Labute approximate surface area is 123 Å². The van der Waals surface area contributed by atoms with Crippen LogP contribution in [-0.2, 0) is 17.9 Å². The van der Waals surface area contributed by atoms with Crippen LogP contribution in [0.4, 0.5) is 11.4 Å². The lowest BCUT2D eigenvalue weighted by Crippen LogP contribution is -2.45. The molecule has 1 aliphatic heterocycles. The first-order valence-corrected chi connectivity index (χ1v) is 7.04. The van der Waals surface area contributed by atoms with Gasteiger partial charge in [-0.1, -0.05) is 12.1 Å². The molecule has 2 heterocycles. The summed E-state index contributed by atoms with van der Waals surface area (Å²) in [4.78, 5) is 18.8. The summed E-state index contributed by atoms with van der Waals surface area (Å²) in [5.74, 6) is 0.952. The van der Waals surface area contributed by atoms with E-state index in [1.807, 2.05) is 31.3 Å². The quantitative estimate of drug-likeness (QED) is 0.834. The highest BCUT2D eigenvalue weighted by molar-refractivity contribution is 5.97. The number of nitrogens with zero attached hydrogens (tertiary/aromatic N) is 3. The van der Waals surface area contributed by atoms with Gasteiger partial charge >= 0.3 is 0 Å². The SMILES string of the molecule is CC(C(=O)Nc1ccccc1N)N1CCn2ccnc2C1. The molecule has 1 amide bonds. The van der Waals surface area contributed by atoms with E-state index in [1.165, 1.54) is 0 Å². The molecule has 0 saturated carbocycles. The Balaban J connectivity index is 1.67. The lowest BCUT2D eigenvalue weighted by molar-refractivity contribution is -0.121. The van der Waals surface area contributed by atoms with Crippen molar-refractivity contribution < 1.29 is 4.79 Å². The van der Waals surface area contributed by atoms with Gasteiger partial charge in [0.25, 0.3) is 0 Å². The Hall–Kier alpha value is -2.34. The minimum absolute atomic E-state index is 0.0482. The van der Waals surface area contributed by atoms with Gasteiger partial charge in [0.15, 0.2) is 0 Å². The fourth-order valence-electron chi connectivity index (χ4n) is 2.54. The summed E-state index contributed by atoms with van der Waals surface area (Å²) in [5, 5.41) is 2.89. The molecule has 1 atom stereocenters. The number of hydrogen-bond acceptors (Lipinski definition) is 4. The Kier molecular flexibility index (Phi) is 3.62. The molecule has 0 fully saturated rings. The van der Waals surface area contributed by atoms with Crippen LogP contribution in [0.2, 0.25) is 0 Å². The van der Waals surface area contributed by atoms with Crippen LogP contribution in [-0.4, -0.2) is 32.9 Å². The van der Waals surface area contributed by atoms with Gasteiger partial charge in [0.05, 0.1) is 24.0 Å². The predicted octanol–water partition coefficient (Wildman–Crippen LogP) is 1.31. The summed E-state index contributed by atoms with van der Waals surface area (Å²) in [6.45, 7) is 4.29. The summed E-state index contributed by atoms with van der Waals surface area (Å²) in [7, 11) is 0. The first kappa shape index (κ1) is 13.6. The number of rotatable bonds is 3. The van der Waals surface area contributed by atoms with Crippen molar-refractivity contribution in [3.8, 4) is 0 Å². The summed E-state index contributed by atoms with van der Waals surface area (Å²) < 4.78 is 2.12. The fourth-order valence-corrected chi connectivity index (χ4v) is 2.54. The number of amides is 1. The van der Waals surface area contributed by atoms with E-state index in [2.05, 4.69) is 19.8 Å². The number of nitrogens with one attached hydrogen (secondary N) is 1. The van der Waals surface area contributed by atoms with Crippen molar-refractivity contribution in [2.75, 3.05) is 17.6 Å². The molecule has 0 radical (unpaired) electrons. The maximum absolute atomic E-state index is 12.4. The molecule has 1 aliphatic rings. The molecule has 6 heteroatoms. The van der Waals surface area contributed by atoms with Crippen LogP contribution in [0.3, 0.4) is 0 Å². The lowest BCUT2D eigenvalue weighted by Gasteiger charge is -2.31. The molecule has 6 nitrogen and oxygen atoms in total. The minimum Gasteiger partial charge on any atom is -0.397 e. The predicted molar refractivity (Wildman–Crippen MR) is 81.6 cm³/mol. The number of carbonyl (C=O) groups excluding carboxylic acids is 1. The topological polar surface area (TPSA) is 76.2 Å². The van der Waals surface area contributed by atoms with Crippen molar-refractivity contribution in [3.63, 3.8) is 0 Å². The van der Waals surface area contributed by atoms with E-state index >= 15 is 0 Å². The maximum atomic E-state index is 12.4. The van der Waals surface area contributed by atoms with E-state index in [9.17, 15) is 4.79 Å². The number of para-hydroxylation sites is 2. The van der Waals surface area contributed by atoms with Crippen LogP contribution in [0.25, 0.3) is 0 Å². The van der Waals surface area contributed by atoms with Crippen LogP contribution in [0.1, 0.15) is 12.7 Å². The lowest BCUT2D eigenvalue weighted by atomic mass is 10.2. The Morgan fingerprint density at radius 3 is 3.00 bits per heavy atom. The highest BCUT2D eigenvalue weighted by Gasteiger charge is 2.26. The highest BCUT2D eigenvalue weighted by atomic mass is 16.2. The molecular weight excluding hydrogens is 266 g/mol. The molecule has 1 aromatic heterocycles. The largest absolute Gasteiger partial charge is 0.397 e. The van der Waals surface area contributed by atoms with Gasteiger partial charge < -0.3 is 15.6 Å². The van der Waals surface area contributed by atoms with Crippen LogP contribution >= 0.6 is 0 Å². The van der Waals surface area contributed by atoms with Crippen molar-refractivity contribution >= 4 is 17.3 Å². The van der Waals surface area contributed by atoms with Gasteiger partial charge in [0, 0.05) is 25.5 Å². The zero-order valence-corrected chi connectivity index (χ0v) is 12.0. The zero-order chi connectivity index (χ0) is 14.8. The van der Waals surface area contributed by atoms with Gasteiger partial charge in [0.1, 0.15) is 5.82 Å². The number of anilines is 2. The molecule has 1 unspecified atom stereocenters. The smallest absolute Gasteiger partial charge is 0.241 e. The third-order valence-corrected chi connectivity index (χ3v) is 3.92. The second-order valence-corrected chi connectivity index (χ2v) is 5.26. The van der Waals surface area contributed by atoms with E-state index < -0.39 is 0 Å². The van der Waals surface area contributed by atoms with E-state index in [-0.39, 0.29) is 11.9 Å². The number of benzene rings is 1. The molecule has 0 saturated heterocycles. The van der Waals surface area contributed by atoms with Gasteiger partial charge in [-0.05, 0) is 19.1 Å². The number of fused-ring (bicyclic) bond motifs is 1. The molecular formula is C15H19N5O. The number of nitrogen functional groups attached to an aromatic ring is 1. The second-order valence-electron chi connectivity index (χ2n) is 5.26. The monoisotopic (exact) mass is 285 g/mol. The van der Waals surface area contributed by atoms with Crippen molar-refractivity contribution in [1.29, 1.82) is 0 Å². The van der Waals surface area contributed by atoms with Crippen LogP contribution in [0, 0.1) is 0 Å². The Morgan fingerprint density at radius 2 is 2.19 bits per heavy atom. The number of aromatic nitrogens is 2. The second kappa shape index (κ2) is 5.57. The first-order valence-electron chi connectivity index (χ1n) is 7.04. The summed E-state index contributed by atoms with van der Waals surface area (Å²) in [5.41, 5.74) is 7.09. The number of hydrogen-bond donors (Lipinski definition) is 2. The van der Waals surface area contributed by atoms with Crippen molar-refractivity contribution in [3.05, 3.63) is 42.5 Å². The van der Waals surface area contributed by atoms with Crippen LogP contribution in [0.5, 0.6) is 0 Å². The average molecular weight is 285 g/mol. The van der Waals surface area contributed by atoms with Gasteiger partial charge in [-0.25, -0.2) is 4.98 Å². The normalized spacial score (nSPS) is 16.2. The van der Waals surface area contributed by atoms with Crippen molar-refractivity contribution in [2.45, 2.75) is 26.1 Å². The van der Waals surface area contributed by atoms with Gasteiger partial charge in [-0.15, -0.1) is 0 Å². The molecule has 3 rings (SSSR count). The van der Waals surface area contributed by atoms with E-state index in [0.29, 0.717) is 17.9 Å². The van der Waals surface area contributed by atoms with E-state index in [0.717, 1.165) is 18.9 Å². The van der Waals surface area contributed by atoms with Gasteiger partial charge in [-0.2, -0.15) is 0 Å². The summed E-state index contributed by atoms with van der Waals surface area (Å²) >= 11 is 0. The molecule has 1 aromatic carbocycles. The van der Waals surface area contributed by atoms with Gasteiger partial charge in [-0.3, -0.25) is 9.69 Å². The zero-order valence-electron chi connectivity index (χ0n) is 12.0. The Morgan fingerprint density at radius 1 is 1.38 bits per heavy atom. The minimum atomic E-state index is -0.227. The molecule has 110 valence electrons. The van der Waals surface area contributed by atoms with Crippen molar-refractivity contribution in [1.82, 2.24) is 14.5 Å². The van der Waals surface area contributed by atoms with Crippen LogP contribution < -0.4 is 11.1 Å². The molecule has 2 aromatic rings. The van der Waals surface area contributed by atoms with Crippen molar-refractivity contribution in [2.24, 2.45) is 0 Å².